The summed E-state index contributed by atoms with van der Waals surface area (Å²) in [6.45, 7) is -0.458. The van der Waals surface area contributed by atoms with Crippen LogP contribution < -0.4 is 0 Å². The molecule has 0 N–H and O–H groups in total. The molecule has 0 saturated heterocycles. The van der Waals surface area contributed by atoms with E-state index in [2.05, 4.69) is 9.47 Å². The fraction of sp³-hybridized carbons (Fsp3) is 0.312. The second-order valence-electron chi connectivity index (χ2n) is 11.4. The minimum atomic E-state index is -5.41. The first-order valence-electron chi connectivity index (χ1n) is 14.5. The molecule has 2 heterocycles. The van der Waals surface area contributed by atoms with Crippen LogP contribution in [0.2, 0.25) is 0 Å². The van der Waals surface area contributed by atoms with E-state index >= 15 is 0 Å². The van der Waals surface area contributed by atoms with Crippen LogP contribution >= 0.6 is 0 Å². The molecule has 8 nitrogen and oxygen atoms in total. The van der Waals surface area contributed by atoms with Crippen molar-refractivity contribution in [3.63, 3.8) is 0 Å². The van der Waals surface area contributed by atoms with E-state index in [9.17, 15) is 58.7 Å². The summed E-state index contributed by atoms with van der Waals surface area (Å²) >= 11 is 0. The second-order valence-corrected chi connectivity index (χ2v) is 11.4. The van der Waals surface area contributed by atoms with E-state index < -0.39 is 61.5 Å². The summed E-state index contributed by atoms with van der Waals surface area (Å²) in [6.07, 6.45) is -17.5. The van der Waals surface area contributed by atoms with Gasteiger partial charge in [-0.15, -0.1) is 0 Å². The highest BCUT2D eigenvalue weighted by atomic mass is 19.4. The summed E-state index contributed by atoms with van der Waals surface area (Å²) in [7, 11) is 0. The molecule has 6 rings (SSSR count). The molecule has 17 heteroatoms. The average Bonchev–Trinajstić information content (AvgIpc) is 3.66. The first-order chi connectivity index (χ1) is 22.8. The van der Waals surface area contributed by atoms with Crippen LogP contribution in [-0.4, -0.2) is 58.4 Å². The Morgan fingerprint density at radius 3 is 2.18 bits per heavy atom. The third-order valence-electron chi connectivity index (χ3n) is 8.42. The largest absolute Gasteiger partial charge is 0.490 e. The minimum absolute atomic E-state index is 0.0115. The fourth-order valence-corrected chi connectivity index (χ4v) is 6.44. The summed E-state index contributed by atoms with van der Waals surface area (Å²) in [5.41, 5.74) is 2.42. The molecule has 1 aromatic heterocycles. The SMILES string of the molecule is CC(OC(=O)C(F)(F)F)c1ccc2c(c1)c1c3c(c4c(c1n2CCCOC(=O)C(F)(F)F)Cc1ccccc1-4)C(=O)N(C(=O)C(F)(F)F)C3. The van der Waals surface area contributed by atoms with Crippen LogP contribution in [0.25, 0.3) is 32.9 Å². The average molecular weight is 701 g/mol. The van der Waals surface area contributed by atoms with Crippen molar-refractivity contribution < 1.29 is 68.2 Å². The molecular formula is C32H21F9N2O6. The van der Waals surface area contributed by atoms with Gasteiger partial charge in [-0.1, -0.05) is 30.3 Å². The van der Waals surface area contributed by atoms with Gasteiger partial charge in [-0.05, 0) is 53.3 Å². The van der Waals surface area contributed by atoms with Crippen molar-refractivity contribution in [3.8, 4) is 11.1 Å². The Kier molecular flexibility index (Phi) is 7.94. The lowest BCUT2D eigenvalue weighted by atomic mass is 9.91. The lowest BCUT2D eigenvalue weighted by molar-refractivity contribution is -0.204. The molecule has 4 aromatic rings. The van der Waals surface area contributed by atoms with Crippen molar-refractivity contribution in [2.24, 2.45) is 0 Å². The Morgan fingerprint density at radius 1 is 0.857 bits per heavy atom. The quantitative estimate of drug-likeness (QED) is 0.107. The number of amides is 2. The zero-order valence-electron chi connectivity index (χ0n) is 24.9. The first-order valence-corrected chi connectivity index (χ1v) is 14.5. The fourth-order valence-electron chi connectivity index (χ4n) is 6.44. The van der Waals surface area contributed by atoms with Gasteiger partial charge in [0.25, 0.3) is 5.91 Å². The van der Waals surface area contributed by atoms with Crippen molar-refractivity contribution in [1.29, 1.82) is 0 Å². The van der Waals surface area contributed by atoms with Gasteiger partial charge in [0.2, 0.25) is 0 Å². The third kappa shape index (κ3) is 5.73. The second kappa shape index (κ2) is 11.5. The zero-order valence-corrected chi connectivity index (χ0v) is 24.9. The summed E-state index contributed by atoms with van der Waals surface area (Å²) in [5, 5.41) is 0.365. The van der Waals surface area contributed by atoms with E-state index in [0.29, 0.717) is 27.7 Å². The van der Waals surface area contributed by atoms with E-state index in [1.165, 1.54) is 18.2 Å². The number of carbonyl (C=O) groups is 4. The number of benzene rings is 3. The van der Waals surface area contributed by atoms with Crippen molar-refractivity contribution in [1.82, 2.24) is 9.47 Å². The number of ether oxygens (including phenoxy) is 2. The van der Waals surface area contributed by atoms with Crippen LogP contribution in [-0.2, 0) is 43.4 Å². The Labute approximate surface area is 268 Å². The molecule has 1 unspecified atom stereocenters. The third-order valence-corrected chi connectivity index (χ3v) is 8.42. The number of esters is 2. The lowest BCUT2D eigenvalue weighted by Gasteiger charge is -2.16. The topological polar surface area (TPSA) is 94.9 Å². The molecular weight excluding hydrogens is 679 g/mol. The molecule has 2 amide bonds. The molecule has 1 aliphatic heterocycles. The number of carbonyl (C=O) groups excluding carboxylic acids is 4. The number of rotatable bonds is 6. The van der Waals surface area contributed by atoms with Gasteiger partial charge in [0.1, 0.15) is 6.10 Å². The Hall–Kier alpha value is -5.09. The van der Waals surface area contributed by atoms with Crippen LogP contribution in [0.15, 0.2) is 42.5 Å². The maximum atomic E-state index is 13.7. The monoisotopic (exact) mass is 700 g/mol. The minimum Gasteiger partial charge on any atom is -0.459 e. The highest BCUT2D eigenvalue weighted by molar-refractivity contribution is 6.22. The normalized spacial score (nSPS) is 15.0. The van der Waals surface area contributed by atoms with Gasteiger partial charge in [0.15, 0.2) is 0 Å². The molecule has 0 fully saturated rings. The number of halogens is 9. The Bertz CT molecular complexity index is 2080. The van der Waals surface area contributed by atoms with Crippen LogP contribution in [0.1, 0.15) is 52.1 Å². The molecule has 0 spiro atoms. The molecule has 49 heavy (non-hydrogen) atoms. The van der Waals surface area contributed by atoms with E-state index in [1.54, 1.807) is 28.8 Å². The molecule has 0 saturated carbocycles. The van der Waals surface area contributed by atoms with Gasteiger partial charge in [0.05, 0.1) is 24.2 Å². The van der Waals surface area contributed by atoms with Gasteiger partial charge in [-0.25, -0.2) is 9.59 Å². The smallest absolute Gasteiger partial charge is 0.459 e. The molecule has 1 atom stereocenters. The van der Waals surface area contributed by atoms with Gasteiger partial charge >= 0.3 is 36.4 Å². The predicted molar refractivity (Wildman–Crippen MR) is 151 cm³/mol. The number of aryl methyl sites for hydroxylation is 1. The maximum Gasteiger partial charge on any atom is 0.490 e. The lowest BCUT2D eigenvalue weighted by Crippen LogP contribution is -2.41. The number of aromatic nitrogens is 1. The van der Waals surface area contributed by atoms with Crippen LogP contribution in [0.5, 0.6) is 0 Å². The Morgan fingerprint density at radius 2 is 1.53 bits per heavy atom. The summed E-state index contributed by atoms with van der Waals surface area (Å²) < 4.78 is 128. The summed E-state index contributed by atoms with van der Waals surface area (Å²) in [5.74, 6) is -8.51. The number of hydrogen-bond acceptors (Lipinski definition) is 6. The van der Waals surface area contributed by atoms with Crippen molar-refractivity contribution in [2.75, 3.05) is 6.61 Å². The van der Waals surface area contributed by atoms with Crippen molar-refractivity contribution in [2.45, 2.75) is 57.5 Å². The van der Waals surface area contributed by atoms with Gasteiger partial charge in [0, 0.05) is 34.8 Å². The Balaban J connectivity index is 1.58. The van der Waals surface area contributed by atoms with Gasteiger partial charge in [-0.3, -0.25) is 14.5 Å². The van der Waals surface area contributed by atoms with Crippen LogP contribution in [0, 0.1) is 0 Å². The van der Waals surface area contributed by atoms with Crippen LogP contribution in [0.3, 0.4) is 0 Å². The van der Waals surface area contributed by atoms with Gasteiger partial charge < -0.3 is 14.0 Å². The van der Waals surface area contributed by atoms with E-state index in [-0.39, 0.29) is 57.3 Å². The van der Waals surface area contributed by atoms with Gasteiger partial charge in [-0.2, -0.15) is 39.5 Å². The standard InChI is InChI=1S/C32H21F9N2O6/c1-14(49-29(47)32(39,40)41)15-7-8-21-18(11-15)23-20-13-43(27(45)30(33,34)35)26(44)24(20)22-17-6-3-2-5-16(17)12-19(22)25(23)42(21)9-4-10-48-28(46)31(36,37)38/h2-3,5-8,11,14H,4,9-10,12-13H2,1H3. The summed E-state index contributed by atoms with van der Waals surface area (Å²) in [6, 6.07) is 10.8. The highest BCUT2D eigenvalue weighted by Crippen LogP contribution is 2.50. The molecule has 0 bridgehead atoms. The van der Waals surface area contributed by atoms with E-state index in [0.717, 1.165) is 6.92 Å². The molecule has 1 aliphatic carbocycles. The number of imide groups is 1. The van der Waals surface area contributed by atoms with E-state index in [4.69, 9.17) is 0 Å². The molecule has 2 aliphatic rings. The number of alkyl halides is 9. The first kappa shape index (κ1) is 33.8. The molecule has 0 radical (unpaired) electrons. The van der Waals surface area contributed by atoms with E-state index in [1.807, 2.05) is 0 Å². The number of fused-ring (bicyclic) bond motifs is 10. The highest BCUT2D eigenvalue weighted by Gasteiger charge is 2.50. The molecule has 258 valence electrons. The number of hydrogen-bond donors (Lipinski definition) is 0. The van der Waals surface area contributed by atoms with Crippen molar-refractivity contribution >= 4 is 45.6 Å². The number of nitrogens with zero attached hydrogens (tertiary/aromatic N) is 2. The maximum absolute atomic E-state index is 13.7. The molecule has 3 aromatic carbocycles. The zero-order chi connectivity index (χ0) is 35.8. The predicted octanol–water partition coefficient (Wildman–Crippen LogP) is 7.07. The van der Waals surface area contributed by atoms with Crippen LogP contribution in [0.4, 0.5) is 39.5 Å². The summed E-state index contributed by atoms with van der Waals surface area (Å²) in [4.78, 5) is 49.0. The van der Waals surface area contributed by atoms with Crippen molar-refractivity contribution in [3.05, 3.63) is 70.3 Å².